The number of aliphatic hydroxyl groups is 1. The molecule has 0 atom stereocenters. The maximum Gasteiger partial charge on any atom is 1.00 e. The van der Waals surface area contributed by atoms with Crippen molar-refractivity contribution < 1.29 is 171 Å². The second-order valence-corrected chi connectivity index (χ2v) is 23.4. The third kappa shape index (κ3) is 35.1. The third-order valence-corrected chi connectivity index (χ3v) is 10.1. The molecule has 0 bridgehead atoms. The van der Waals surface area contributed by atoms with E-state index in [1.807, 2.05) is 11.0 Å². The Morgan fingerprint density at radius 1 is 0.519 bits per heavy atom. The average Bonchev–Trinajstić information content (AvgIpc) is 4.04. The molecule has 4 saturated carbocycles. The number of hydrogen-bond donors (Lipinski definition) is 5. The number of aliphatic hydroxyl groups excluding tert-OH is 1. The van der Waals surface area contributed by atoms with Gasteiger partial charge in [0.25, 0.3) is 0 Å². The Kier molecular flexibility index (Phi) is 35.3. The number of carbonyl (C=O) groups is 9. The van der Waals surface area contributed by atoms with Crippen molar-refractivity contribution in [2.24, 2.45) is 21.7 Å². The van der Waals surface area contributed by atoms with Crippen LogP contribution in [0.2, 0.25) is 0 Å². The van der Waals surface area contributed by atoms with Crippen LogP contribution in [0.4, 0.5) is 24.0 Å². The summed E-state index contributed by atoms with van der Waals surface area (Å²) in [6, 6.07) is 0. The number of nitrogens with zero attached hydrogens (tertiary/aromatic N) is 2. The van der Waals surface area contributed by atoms with Gasteiger partial charge in [0.15, 0.2) is 0 Å². The third-order valence-electron chi connectivity index (χ3n) is 10.1. The van der Waals surface area contributed by atoms with Crippen molar-refractivity contribution in [1.82, 2.24) is 21.1 Å². The number of hydroxylamine groups is 6. The fourth-order valence-corrected chi connectivity index (χ4v) is 5.46. The van der Waals surface area contributed by atoms with Crippen molar-refractivity contribution in [2.75, 3.05) is 39.5 Å². The van der Waals surface area contributed by atoms with Gasteiger partial charge in [0, 0.05) is 29.3 Å². The number of rotatable bonds is 13. The molecule has 0 saturated heterocycles. The van der Waals surface area contributed by atoms with E-state index >= 15 is 0 Å². The topological polar surface area (TPSA) is 374 Å². The number of halogens is 1. The molecule has 0 heterocycles. The van der Waals surface area contributed by atoms with Crippen molar-refractivity contribution in [1.29, 1.82) is 0 Å². The first-order valence-corrected chi connectivity index (χ1v) is 24.6. The van der Waals surface area contributed by atoms with Crippen LogP contribution in [0.5, 0.6) is 0 Å². The van der Waals surface area contributed by atoms with Gasteiger partial charge in [-0.05, 0) is 169 Å². The van der Waals surface area contributed by atoms with Gasteiger partial charge in [0.1, 0.15) is 28.0 Å². The number of hydrogen-bond acceptors (Lipinski definition) is 24. The van der Waals surface area contributed by atoms with Crippen molar-refractivity contribution in [2.45, 2.75) is 197 Å². The first-order chi connectivity index (χ1) is 34.4. The number of carboxylic acid groups (broad SMARTS) is 2. The number of carboxylic acids is 2. The molecule has 0 aromatic carbocycles. The zero-order valence-corrected chi connectivity index (χ0v) is 54.5. The second-order valence-electron chi connectivity index (χ2n) is 23.4. The molecule has 4 rings (SSSR count). The van der Waals surface area contributed by atoms with E-state index in [-0.39, 0.29) is 110 Å². The fraction of sp³-hybridized carbons (Fsp3) is 0.816. The van der Waals surface area contributed by atoms with Gasteiger partial charge in [-0.3, -0.25) is 14.8 Å². The van der Waals surface area contributed by atoms with Gasteiger partial charge in [-0.15, -0.1) is 23.0 Å². The van der Waals surface area contributed by atoms with Crippen molar-refractivity contribution >= 4 is 66.9 Å². The Labute approximate surface area is 513 Å². The molecular weight excluding hydrogens is 1090 g/mol. The minimum atomic E-state index is -1.24. The fourth-order valence-electron chi connectivity index (χ4n) is 5.46. The SMILES string of the molecule is CC(C)(C)OC(=O)N(O)CC1(C(=O)[O-])CC1.CC(C)(C)OC(=O)NOC(=O)OC(C)(C)C.CCOC(=O)C1(CN(OC(=O)OC(C)(C)C)C(=O)OC(C)(C)C)CC1.CCOC(=O)C1(CO)CC1.Cl.O=C([O-])C1(CNO)CC1.[Na+].[Na+]. The van der Waals surface area contributed by atoms with E-state index in [1.165, 1.54) is 0 Å². The van der Waals surface area contributed by atoms with Crippen LogP contribution in [0.15, 0.2) is 0 Å². The summed E-state index contributed by atoms with van der Waals surface area (Å²) < 4.78 is 34.6. The summed E-state index contributed by atoms with van der Waals surface area (Å²) in [6.45, 7) is 28.9. The maximum absolute atomic E-state index is 12.4. The minimum Gasteiger partial charge on any atom is -0.550 e. The number of ether oxygens (including phenoxy) is 7. The van der Waals surface area contributed by atoms with Crippen LogP contribution in [0.25, 0.3) is 0 Å². The number of nitrogens with one attached hydrogen (secondary N) is 2. The van der Waals surface area contributed by atoms with Crippen molar-refractivity contribution in [3.05, 3.63) is 0 Å². The first-order valence-electron chi connectivity index (χ1n) is 24.6. The van der Waals surface area contributed by atoms with Gasteiger partial charge in [-0.25, -0.2) is 29.5 Å². The standard InChI is InChI=1S/C17H29NO7.C10H17NO5.C10H19NO5.C7H12O3.C5H9NO3.ClH.2Na/c1-8-22-12(19)17(9-10-17)11-18(13(20)23-15(2,3)4)25-14(21)24-16(5,6)7;1-9(2,3)16-8(14)11(15)6-10(4-5-10)7(12)13;1-9(2,3)14-7(12)11-16-8(13)15-10(4,5)6;1-2-10-6(9)7(5-8)3-4-7;7-4(8)5(1-2-5)3-6-9;;;/h8-11H2,1-7H3;15H,4-6H2,1-3H3,(H,12,13);1-6H3,(H,11,12);8H,2-5H2,1H3;6,9H,1-3H2,(H,7,8);1H;;/q;;;;;;2*+1/p-2. The molecule has 0 unspecified atom stereocenters. The quantitative estimate of drug-likeness (QED) is 0.0495. The van der Waals surface area contributed by atoms with Crippen LogP contribution in [-0.4, -0.2) is 148 Å². The van der Waals surface area contributed by atoms with E-state index in [0.717, 1.165) is 17.9 Å². The molecule has 27 nitrogen and oxygen atoms in total. The monoisotopic (exact) mass is 1180 g/mol. The molecule has 0 aromatic heterocycles. The average molecular weight is 1180 g/mol. The molecule has 4 fully saturated rings. The van der Waals surface area contributed by atoms with E-state index < -0.39 is 98.2 Å². The van der Waals surface area contributed by atoms with Gasteiger partial charge in [0.05, 0.1) is 43.7 Å². The molecular formula is C49H85ClN4Na2O23. The van der Waals surface area contributed by atoms with Gasteiger partial charge < -0.3 is 72.9 Å². The second kappa shape index (κ2) is 34.1. The zero-order valence-electron chi connectivity index (χ0n) is 49.7. The number of amides is 3. The maximum atomic E-state index is 12.4. The normalized spacial score (nSPS) is 15.9. The van der Waals surface area contributed by atoms with Gasteiger partial charge >= 0.3 is 102 Å². The Morgan fingerprint density at radius 3 is 1.18 bits per heavy atom. The van der Waals surface area contributed by atoms with Crippen LogP contribution in [-0.2, 0) is 62.0 Å². The van der Waals surface area contributed by atoms with E-state index in [9.17, 15) is 58.6 Å². The predicted octanol–water partition coefficient (Wildman–Crippen LogP) is -0.799. The summed E-state index contributed by atoms with van der Waals surface area (Å²) >= 11 is 0. The number of carbonyl (C=O) groups excluding carboxylic acids is 9. The largest absolute Gasteiger partial charge is 1.00 e. The van der Waals surface area contributed by atoms with Crippen molar-refractivity contribution in [3.63, 3.8) is 0 Å². The molecule has 79 heavy (non-hydrogen) atoms. The number of aliphatic carboxylic acids is 2. The minimum absolute atomic E-state index is 0. The summed E-state index contributed by atoms with van der Waals surface area (Å²) in [5.41, 5.74) is -3.18. The van der Waals surface area contributed by atoms with E-state index in [0.29, 0.717) is 50.2 Å². The molecule has 4 aliphatic carbocycles. The zero-order chi connectivity index (χ0) is 59.5. The summed E-state index contributed by atoms with van der Waals surface area (Å²) in [4.78, 5) is 111. The van der Waals surface area contributed by atoms with Crippen LogP contribution in [0.1, 0.15) is 169 Å². The smallest absolute Gasteiger partial charge is 0.550 e. The molecule has 0 aliphatic heterocycles. The summed E-state index contributed by atoms with van der Waals surface area (Å²) in [5, 5.41) is 48.3. The number of esters is 2. The molecule has 0 radical (unpaired) electrons. The predicted molar refractivity (Wildman–Crippen MR) is 266 cm³/mol. The van der Waals surface area contributed by atoms with E-state index in [1.54, 1.807) is 118 Å². The van der Waals surface area contributed by atoms with Crippen LogP contribution >= 0.6 is 12.4 Å². The van der Waals surface area contributed by atoms with Crippen LogP contribution < -0.4 is 80.3 Å². The molecule has 4 aliphatic rings. The molecule has 3 amide bonds. The molecule has 5 N–H and O–H groups in total. The summed E-state index contributed by atoms with van der Waals surface area (Å²) in [5.74, 6) is -2.96. The molecule has 0 aromatic rings. The van der Waals surface area contributed by atoms with Crippen LogP contribution in [0.3, 0.4) is 0 Å². The molecule has 0 spiro atoms. The Bertz CT molecular complexity index is 1950. The Hall–Kier alpha value is -3.64. The van der Waals surface area contributed by atoms with Gasteiger partial charge in [-0.1, -0.05) is 0 Å². The van der Waals surface area contributed by atoms with E-state index in [4.69, 9.17) is 48.3 Å². The Balaban J connectivity index is -0.000000461. The first kappa shape index (κ1) is 81.8. The summed E-state index contributed by atoms with van der Waals surface area (Å²) in [7, 11) is 0. The van der Waals surface area contributed by atoms with Gasteiger partial charge in [-0.2, -0.15) is 5.06 Å². The molecule has 448 valence electrons. The van der Waals surface area contributed by atoms with Gasteiger partial charge in [0.2, 0.25) is 0 Å². The van der Waals surface area contributed by atoms with Crippen molar-refractivity contribution in [3.8, 4) is 0 Å². The van der Waals surface area contributed by atoms with Crippen LogP contribution in [0, 0.1) is 21.7 Å². The Morgan fingerprint density at radius 2 is 0.873 bits per heavy atom. The molecule has 30 heteroatoms. The van der Waals surface area contributed by atoms with E-state index in [2.05, 4.69) is 4.84 Å². The summed E-state index contributed by atoms with van der Waals surface area (Å²) in [6.07, 6.45) is 0.00982.